The van der Waals surface area contributed by atoms with Crippen molar-refractivity contribution < 1.29 is 14.3 Å². The van der Waals surface area contributed by atoms with Crippen LogP contribution in [-0.2, 0) is 11.3 Å². The van der Waals surface area contributed by atoms with E-state index >= 15 is 0 Å². The van der Waals surface area contributed by atoms with Crippen LogP contribution in [0.15, 0.2) is 30.3 Å². The molecule has 182 valence electrons. The van der Waals surface area contributed by atoms with Gasteiger partial charge < -0.3 is 24.3 Å². The molecule has 6 nitrogen and oxygen atoms in total. The van der Waals surface area contributed by atoms with Crippen LogP contribution in [0.5, 0.6) is 5.75 Å². The van der Waals surface area contributed by atoms with E-state index in [1.165, 1.54) is 55.2 Å². The van der Waals surface area contributed by atoms with E-state index in [9.17, 15) is 4.79 Å². The van der Waals surface area contributed by atoms with E-state index in [4.69, 9.17) is 9.47 Å². The van der Waals surface area contributed by atoms with Gasteiger partial charge in [-0.25, -0.2) is 4.79 Å². The number of esters is 1. The highest BCUT2D eigenvalue weighted by Gasteiger charge is 2.32. The zero-order valence-electron chi connectivity index (χ0n) is 20.4. The Morgan fingerprint density at radius 1 is 1.24 bits per heavy atom. The van der Waals surface area contributed by atoms with Crippen LogP contribution in [0, 0.1) is 0 Å². The Kier molecular flexibility index (Phi) is 6.95. The van der Waals surface area contributed by atoms with Crippen LogP contribution in [0.1, 0.15) is 53.3 Å². The number of ether oxygens (including phenoxy) is 2. The van der Waals surface area contributed by atoms with Crippen LogP contribution in [0.2, 0.25) is 0 Å². The predicted molar refractivity (Wildman–Crippen MR) is 138 cm³/mol. The van der Waals surface area contributed by atoms with Crippen LogP contribution in [-0.4, -0.2) is 62.4 Å². The monoisotopic (exact) mass is 481 g/mol. The van der Waals surface area contributed by atoms with Crippen LogP contribution < -0.4 is 10.1 Å². The molecule has 0 bridgehead atoms. The van der Waals surface area contributed by atoms with Gasteiger partial charge in [-0.1, -0.05) is 31.4 Å². The van der Waals surface area contributed by atoms with Crippen molar-refractivity contribution >= 4 is 27.5 Å². The Balaban J connectivity index is 1.67. The van der Waals surface area contributed by atoms with Gasteiger partial charge in [0, 0.05) is 25.2 Å². The summed E-state index contributed by atoms with van der Waals surface area (Å²) in [4.78, 5) is 15.3. The van der Waals surface area contributed by atoms with Gasteiger partial charge in [-0.15, -0.1) is 11.3 Å². The molecule has 0 amide bonds. The summed E-state index contributed by atoms with van der Waals surface area (Å²) in [5.74, 6) is 1.20. The maximum Gasteiger partial charge on any atom is 0.348 e. The molecule has 3 heterocycles. The molecule has 34 heavy (non-hydrogen) atoms. The minimum Gasteiger partial charge on any atom is -0.491 e. The third-order valence-electron chi connectivity index (χ3n) is 7.15. The van der Waals surface area contributed by atoms with Gasteiger partial charge in [-0.3, -0.25) is 0 Å². The fourth-order valence-corrected chi connectivity index (χ4v) is 6.67. The predicted octanol–water partition coefficient (Wildman–Crippen LogP) is 5.12. The quantitative estimate of drug-likeness (QED) is 0.496. The number of para-hydroxylation sites is 1. The van der Waals surface area contributed by atoms with E-state index in [0.29, 0.717) is 17.4 Å². The molecule has 1 fully saturated rings. The minimum atomic E-state index is -0.250. The van der Waals surface area contributed by atoms with Gasteiger partial charge in [0.25, 0.3) is 0 Å². The number of methoxy groups -OCH3 is 1. The Morgan fingerprint density at radius 2 is 2.03 bits per heavy atom. The summed E-state index contributed by atoms with van der Waals surface area (Å²) in [6.45, 7) is 3.28. The first-order valence-electron chi connectivity index (χ1n) is 12.4. The summed E-state index contributed by atoms with van der Waals surface area (Å²) in [6.07, 6.45) is 6.24. The molecular weight excluding hydrogens is 446 g/mol. The van der Waals surface area contributed by atoms with Crippen LogP contribution in [0.4, 0.5) is 0 Å². The fraction of sp³-hybridized carbons (Fsp3) is 0.519. The van der Waals surface area contributed by atoms with E-state index in [2.05, 4.69) is 53.1 Å². The number of carbonyl (C=O) groups is 1. The number of hydrogen-bond acceptors (Lipinski definition) is 6. The van der Waals surface area contributed by atoms with Crippen molar-refractivity contribution in [3.05, 3.63) is 40.8 Å². The molecule has 0 saturated heterocycles. The molecule has 3 aromatic rings. The highest BCUT2D eigenvalue weighted by Crippen LogP contribution is 2.49. The SMILES string of the molecule is COC(=O)c1cc2c(s1)c(C1CCCCC1)c1n2CC(NCCN(C)C)COc2ccccc2-1. The van der Waals surface area contributed by atoms with Crippen molar-refractivity contribution in [1.29, 1.82) is 0 Å². The Bertz CT molecular complexity index is 1160. The molecule has 2 aliphatic rings. The third-order valence-corrected chi connectivity index (χ3v) is 8.29. The first kappa shape index (κ1) is 23.4. The number of hydrogen-bond donors (Lipinski definition) is 1. The topological polar surface area (TPSA) is 55.7 Å². The molecule has 1 aromatic carbocycles. The molecule has 5 rings (SSSR count). The molecule has 1 saturated carbocycles. The standard InChI is InChI=1S/C27H35N3O3S/c1-29(2)14-13-28-19-16-30-21-15-23(27(31)32-3)34-26(21)24(18-9-5-4-6-10-18)25(30)20-11-7-8-12-22(20)33-17-19/h7-8,11-12,15,18-19,28H,4-6,9-10,13-14,16-17H2,1-3H3. The number of nitrogens with zero attached hydrogens (tertiary/aromatic N) is 2. The van der Waals surface area contributed by atoms with Crippen LogP contribution in [0.25, 0.3) is 21.5 Å². The zero-order valence-corrected chi connectivity index (χ0v) is 21.2. The van der Waals surface area contributed by atoms with E-state index in [1.807, 2.05) is 6.07 Å². The number of aromatic nitrogens is 1. The molecule has 1 atom stereocenters. The van der Waals surface area contributed by atoms with Crippen molar-refractivity contribution in [1.82, 2.24) is 14.8 Å². The normalized spacial score (nSPS) is 18.8. The van der Waals surface area contributed by atoms with E-state index < -0.39 is 0 Å². The highest BCUT2D eigenvalue weighted by atomic mass is 32.1. The zero-order chi connectivity index (χ0) is 23.7. The Hall–Kier alpha value is -2.35. The number of likely N-dealkylation sites (N-methyl/N-ethyl adjacent to an activating group) is 1. The van der Waals surface area contributed by atoms with Crippen LogP contribution >= 0.6 is 11.3 Å². The third kappa shape index (κ3) is 4.49. The maximum atomic E-state index is 12.5. The molecule has 2 aromatic heterocycles. The summed E-state index contributed by atoms with van der Waals surface area (Å²) in [5, 5.41) is 3.71. The van der Waals surface area contributed by atoms with Crippen molar-refractivity contribution in [2.24, 2.45) is 0 Å². The van der Waals surface area contributed by atoms with Gasteiger partial charge >= 0.3 is 5.97 Å². The largest absolute Gasteiger partial charge is 0.491 e. The van der Waals surface area contributed by atoms with Crippen LogP contribution in [0.3, 0.4) is 0 Å². The van der Waals surface area contributed by atoms with Gasteiger partial charge in [-0.2, -0.15) is 0 Å². The maximum absolute atomic E-state index is 12.5. The molecule has 1 N–H and O–H groups in total. The van der Waals surface area contributed by atoms with Gasteiger partial charge in [0.05, 0.1) is 29.1 Å². The van der Waals surface area contributed by atoms with Gasteiger partial charge in [-0.05, 0) is 56.6 Å². The minimum absolute atomic E-state index is 0.170. The molecule has 0 radical (unpaired) electrons. The fourth-order valence-electron chi connectivity index (χ4n) is 5.47. The molecule has 1 unspecified atom stereocenters. The summed E-state index contributed by atoms with van der Waals surface area (Å²) < 4.78 is 15.2. The number of benzene rings is 1. The van der Waals surface area contributed by atoms with Gasteiger partial charge in [0.1, 0.15) is 17.2 Å². The number of fused-ring (bicyclic) bond motifs is 5. The van der Waals surface area contributed by atoms with Crippen molar-refractivity contribution in [2.75, 3.05) is 40.9 Å². The molecule has 7 heteroatoms. The second kappa shape index (κ2) is 10.1. The number of nitrogens with one attached hydrogen (secondary N) is 1. The number of carbonyl (C=O) groups excluding carboxylic acids is 1. The second-order valence-corrected chi connectivity index (χ2v) is 10.8. The average Bonchev–Trinajstić information content (AvgIpc) is 3.39. The Morgan fingerprint density at radius 3 is 2.79 bits per heavy atom. The lowest BCUT2D eigenvalue weighted by molar-refractivity contribution is 0.0606. The number of thiophene rings is 1. The van der Waals surface area contributed by atoms with Gasteiger partial charge in [0.2, 0.25) is 0 Å². The van der Waals surface area contributed by atoms with Gasteiger partial charge in [0.15, 0.2) is 0 Å². The lowest BCUT2D eigenvalue weighted by atomic mass is 9.83. The number of rotatable bonds is 6. The van der Waals surface area contributed by atoms with E-state index in [1.54, 1.807) is 11.3 Å². The lowest BCUT2D eigenvalue weighted by Crippen LogP contribution is -2.42. The summed E-state index contributed by atoms with van der Waals surface area (Å²) >= 11 is 1.59. The molecular formula is C27H35N3O3S. The second-order valence-electron chi connectivity index (χ2n) is 9.79. The summed E-state index contributed by atoms with van der Waals surface area (Å²) in [5.41, 5.74) is 4.99. The smallest absolute Gasteiger partial charge is 0.348 e. The molecule has 0 spiro atoms. The first-order valence-corrected chi connectivity index (χ1v) is 13.2. The highest BCUT2D eigenvalue weighted by molar-refractivity contribution is 7.21. The summed E-state index contributed by atoms with van der Waals surface area (Å²) in [7, 11) is 5.65. The summed E-state index contributed by atoms with van der Waals surface area (Å²) in [6, 6.07) is 10.7. The van der Waals surface area contributed by atoms with E-state index in [0.717, 1.165) is 36.5 Å². The average molecular weight is 482 g/mol. The molecule has 1 aliphatic carbocycles. The van der Waals surface area contributed by atoms with Crippen molar-refractivity contribution in [2.45, 2.75) is 50.6 Å². The van der Waals surface area contributed by atoms with Crippen molar-refractivity contribution in [3.63, 3.8) is 0 Å². The van der Waals surface area contributed by atoms with Crippen molar-refractivity contribution in [3.8, 4) is 17.0 Å². The lowest BCUT2D eigenvalue weighted by Gasteiger charge is -2.28. The first-order chi connectivity index (χ1) is 16.6. The molecule has 1 aliphatic heterocycles. The van der Waals surface area contributed by atoms with E-state index in [-0.39, 0.29) is 12.0 Å². The Labute approximate surface area is 205 Å².